The van der Waals surface area contributed by atoms with E-state index in [0.29, 0.717) is 24.7 Å². The van der Waals surface area contributed by atoms with Crippen molar-refractivity contribution in [1.29, 1.82) is 0 Å². The Balaban J connectivity index is 1.63. The van der Waals surface area contributed by atoms with Gasteiger partial charge >= 0.3 is 0 Å². The molecule has 0 saturated carbocycles. The van der Waals surface area contributed by atoms with Crippen LogP contribution in [0.25, 0.3) is 0 Å². The zero-order valence-corrected chi connectivity index (χ0v) is 15.7. The van der Waals surface area contributed by atoms with E-state index in [1.807, 2.05) is 49.4 Å². The summed E-state index contributed by atoms with van der Waals surface area (Å²) in [5.41, 5.74) is 0.715. The highest BCUT2D eigenvalue weighted by Gasteiger charge is 2.16. The van der Waals surface area contributed by atoms with Gasteiger partial charge in [0.05, 0.1) is 18.5 Å². The van der Waals surface area contributed by atoms with Gasteiger partial charge in [-0.15, -0.1) is 11.8 Å². The van der Waals surface area contributed by atoms with Crippen LogP contribution >= 0.6 is 27.7 Å². The van der Waals surface area contributed by atoms with E-state index in [0.717, 1.165) is 21.5 Å². The molecule has 6 heteroatoms. The highest BCUT2D eigenvalue weighted by Crippen LogP contribution is 2.33. The normalized spacial score (nSPS) is 14.6. The van der Waals surface area contributed by atoms with Crippen LogP contribution in [-0.2, 0) is 4.79 Å². The Kier molecular flexibility index (Phi) is 5.68. The maximum absolute atomic E-state index is 12.4. The maximum atomic E-state index is 12.4. The molecule has 0 radical (unpaired) electrons. The number of halogens is 1. The molecule has 1 aliphatic rings. The van der Waals surface area contributed by atoms with Crippen LogP contribution in [0.1, 0.15) is 13.3 Å². The van der Waals surface area contributed by atoms with Gasteiger partial charge < -0.3 is 14.8 Å². The molecule has 0 fully saturated rings. The first-order chi connectivity index (χ1) is 11.6. The summed E-state index contributed by atoms with van der Waals surface area (Å²) in [6.07, 6.45) is 0.858. The smallest absolute Gasteiger partial charge is 0.237 e. The Bertz CT molecular complexity index is 721. The van der Waals surface area contributed by atoms with E-state index < -0.39 is 0 Å². The van der Waals surface area contributed by atoms with Crippen molar-refractivity contribution in [3.05, 3.63) is 46.9 Å². The lowest BCUT2D eigenvalue weighted by atomic mass is 10.2. The molecule has 1 unspecified atom stereocenters. The van der Waals surface area contributed by atoms with Gasteiger partial charge in [-0.1, -0.05) is 15.9 Å². The predicted molar refractivity (Wildman–Crippen MR) is 100 cm³/mol. The molecule has 4 nitrogen and oxygen atoms in total. The highest BCUT2D eigenvalue weighted by atomic mass is 79.9. The van der Waals surface area contributed by atoms with Crippen LogP contribution in [0.15, 0.2) is 51.8 Å². The Labute approximate surface area is 154 Å². The third-order valence-corrected chi connectivity index (χ3v) is 5.15. The molecular weight excluding hydrogens is 390 g/mol. The van der Waals surface area contributed by atoms with E-state index in [1.165, 1.54) is 11.8 Å². The molecule has 0 saturated heterocycles. The molecule has 0 bridgehead atoms. The van der Waals surface area contributed by atoms with E-state index in [-0.39, 0.29) is 11.2 Å². The minimum atomic E-state index is -0.206. The number of fused-ring (bicyclic) bond motifs is 1. The molecule has 1 amide bonds. The summed E-state index contributed by atoms with van der Waals surface area (Å²) in [7, 11) is 0. The van der Waals surface area contributed by atoms with E-state index in [2.05, 4.69) is 21.2 Å². The highest BCUT2D eigenvalue weighted by molar-refractivity contribution is 9.10. The predicted octanol–water partition coefficient (Wildman–Crippen LogP) is 4.73. The SMILES string of the molecule is CC(Sc1ccc(Br)cc1)C(=O)Nc1ccc2c(c1)OCCCO2. The van der Waals surface area contributed by atoms with Gasteiger partial charge in [-0.05, 0) is 43.3 Å². The number of amides is 1. The lowest BCUT2D eigenvalue weighted by molar-refractivity contribution is -0.115. The van der Waals surface area contributed by atoms with Gasteiger partial charge in [-0.3, -0.25) is 4.79 Å². The van der Waals surface area contributed by atoms with Gasteiger partial charge in [0.1, 0.15) is 0 Å². The third-order valence-electron chi connectivity index (χ3n) is 3.51. The molecule has 24 heavy (non-hydrogen) atoms. The summed E-state index contributed by atoms with van der Waals surface area (Å²) in [5, 5.41) is 2.73. The molecule has 126 valence electrons. The monoisotopic (exact) mass is 407 g/mol. The first-order valence-corrected chi connectivity index (χ1v) is 9.42. The zero-order valence-electron chi connectivity index (χ0n) is 13.3. The number of thioether (sulfide) groups is 1. The van der Waals surface area contributed by atoms with Crippen molar-refractivity contribution in [2.45, 2.75) is 23.5 Å². The zero-order chi connectivity index (χ0) is 16.9. The fraction of sp³-hybridized carbons (Fsp3) is 0.278. The number of carbonyl (C=O) groups is 1. The van der Waals surface area contributed by atoms with E-state index in [9.17, 15) is 4.79 Å². The topological polar surface area (TPSA) is 47.6 Å². The second-order valence-electron chi connectivity index (χ2n) is 5.42. The summed E-state index contributed by atoms with van der Waals surface area (Å²) >= 11 is 4.93. The van der Waals surface area contributed by atoms with E-state index in [4.69, 9.17) is 9.47 Å². The molecule has 0 spiro atoms. The Morgan fingerprint density at radius 1 is 1.12 bits per heavy atom. The molecule has 2 aromatic carbocycles. The van der Waals surface area contributed by atoms with E-state index in [1.54, 1.807) is 0 Å². The fourth-order valence-electron chi connectivity index (χ4n) is 2.26. The number of ether oxygens (including phenoxy) is 2. The van der Waals surface area contributed by atoms with Crippen LogP contribution in [0.4, 0.5) is 5.69 Å². The standard InChI is InChI=1S/C18H18BrNO3S/c1-12(24-15-6-3-13(19)4-7-15)18(21)20-14-5-8-16-17(11-14)23-10-2-9-22-16/h3-8,11-12H,2,9-10H2,1H3,(H,20,21). The number of nitrogens with one attached hydrogen (secondary N) is 1. The van der Waals surface area contributed by atoms with Crippen LogP contribution in [0.3, 0.4) is 0 Å². The molecule has 1 heterocycles. The van der Waals surface area contributed by atoms with Gasteiger partial charge in [0.2, 0.25) is 5.91 Å². The molecule has 2 aromatic rings. The van der Waals surface area contributed by atoms with Crippen LogP contribution in [0, 0.1) is 0 Å². The van der Waals surface area contributed by atoms with Crippen molar-refractivity contribution in [1.82, 2.24) is 0 Å². The summed E-state index contributed by atoms with van der Waals surface area (Å²) < 4.78 is 12.3. The largest absolute Gasteiger partial charge is 0.490 e. The van der Waals surface area contributed by atoms with Crippen LogP contribution in [-0.4, -0.2) is 24.4 Å². The fourth-order valence-corrected chi connectivity index (χ4v) is 3.39. The van der Waals surface area contributed by atoms with Crippen LogP contribution < -0.4 is 14.8 Å². The summed E-state index contributed by atoms with van der Waals surface area (Å²) in [6.45, 7) is 3.17. The van der Waals surface area contributed by atoms with Crippen molar-refractivity contribution < 1.29 is 14.3 Å². The third kappa shape index (κ3) is 4.45. The molecule has 3 rings (SSSR count). The number of carbonyl (C=O) groups excluding carboxylic acids is 1. The molecule has 0 aromatic heterocycles. The van der Waals surface area contributed by atoms with Crippen molar-refractivity contribution in [3.63, 3.8) is 0 Å². The Hall–Kier alpha value is -1.66. The molecule has 1 aliphatic heterocycles. The maximum Gasteiger partial charge on any atom is 0.237 e. The van der Waals surface area contributed by atoms with Gasteiger partial charge in [0.15, 0.2) is 11.5 Å². The number of anilines is 1. The van der Waals surface area contributed by atoms with Gasteiger partial charge in [0.25, 0.3) is 0 Å². The van der Waals surface area contributed by atoms with Crippen molar-refractivity contribution in [3.8, 4) is 11.5 Å². The molecular formula is C18H18BrNO3S. The second kappa shape index (κ2) is 7.94. The minimum Gasteiger partial charge on any atom is -0.490 e. The second-order valence-corrected chi connectivity index (χ2v) is 7.75. The average molecular weight is 408 g/mol. The Morgan fingerprint density at radius 3 is 2.58 bits per heavy atom. The number of hydrogen-bond donors (Lipinski definition) is 1. The van der Waals surface area contributed by atoms with Gasteiger partial charge in [-0.25, -0.2) is 0 Å². The van der Waals surface area contributed by atoms with Crippen LogP contribution in [0.2, 0.25) is 0 Å². The number of rotatable bonds is 4. The first kappa shape index (κ1) is 17.2. The quantitative estimate of drug-likeness (QED) is 0.744. The van der Waals surface area contributed by atoms with E-state index >= 15 is 0 Å². The van der Waals surface area contributed by atoms with Gasteiger partial charge in [-0.2, -0.15) is 0 Å². The molecule has 1 atom stereocenters. The molecule has 1 N–H and O–H groups in total. The number of hydrogen-bond acceptors (Lipinski definition) is 4. The van der Waals surface area contributed by atoms with Gasteiger partial charge in [0, 0.05) is 27.5 Å². The van der Waals surface area contributed by atoms with Crippen LogP contribution in [0.5, 0.6) is 11.5 Å². The lowest BCUT2D eigenvalue weighted by Gasteiger charge is -2.14. The summed E-state index contributed by atoms with van der Waals surface area (Å²) in [5.74, 6) is 1.36. The minimum absolute atomic E-state index is 0.0441. The number of benzene rings is 2. The average Bonchev–Trinajstić information content (AvgIpc) is 2.81. The van der Waals surface area contributed by atoms with Crippen molar-refractivity contribution in [2.24, 2.45) is 0 Å². The van der Waals surface area contributed by atoms with Crippen molar-refractivity contribution >= 4 is 39.3 Å². The molecule has 0 aliphatic carbocycles. The summed E-state index contributed by atoms with van der Waals surface area (Å²) in [4.78, 5) is 13.5. The van der Waals surface area contributed by atoms with Crippen molar-refractivity contribution in [2.75, 3.05) is 18.5 Å². The summed E-state index contributed by atoms with van der Waals surface area (Å²) in [6, 6.07) is 13.4. The Morgan fingerprint density at radius 2 is 1.83 bits per heavy atom. The lowest BCUT2D eigenvalue weighted by Crippen LogP contribution is -2.22. The first-order valence-electron chi connectivity index (χ1n) is 7.74.